The van der Waals surface area contributed by atoms with E-state index in [-0.39, 0.29) is 5.82 Å². The van der Waals surface area contributed by atoms with Gasteiger partial charge in [-0.25, -0.2) is 4.39 Å². The number of rotatable bonds is 5. The van der Waals surface area contributed by atoms with Crippen LogP contribution >= 0.6 is 0 Å². The second-order valence-electron chi connectivity index (χ2n) is 6.20. The van der Waals surface area contributed by atoms with Gasteiger partial charge >= 0.3 is 0 Å². The maximum atomic E-state index is 13.4. The molecule has 0 spiro atoms. The van der Waals surface area contributed by atoms with Crippen molar-refractivity contribution in [3.8, 4) is 0 Å². The van der Waals surface area contributed by atoms with E-state index in [0.717, 1.165) is 25.1 Å². The van der Waals surface area contributed by atoms with Gasteiger partial charge in [0.1, 0.15) is 5.82 Å². The van der Waals surface area contributed by atoms with E-state index in [9.17, 15) is 4.39 Å². The van der Waals surface area contributed by atoms with Crippen LogP contribution in [0.1, 0.15) is 50.6 Å². The molecule has 1 fully saturated rings. The third-order valence-corrected chi connectivity index (χ3v) is 4.57. The topological polar surface area (TPSA) is 3.24 Å². The van der Waals surface area contributed by atoms with Crippen LogP contribution in [0, 0.1) is 5.82 Å². The minimum absolute atomic E-state index is 0.121. The average molecular weight is 285 g/mol. The summed E-state index contributed by atoms with van der Waals surface area (Å²) in [4.78, 5) is 2.48. The van der Waals surface area contributed by atoms with Gasteiger partial charge in [0, 0.05) is 19.1 Å². The third-order valence-electron chi connectivity index (χ3n) is 4.57. The van der Waals surface area contributed by atoms with Crippen LogP contribution in [0.2, 0.25) is 0 Å². The Bertz CT molecular complexity index is 558. The lowest BCUT2D eigenvalue weighted by molar-refractivity contribution is 0.102. The SMILES string of the molecule is CCCC1=CCCC(CN2CCC2c2cccc(F)c2)=C1. The molecule has 112 valence electrons. The molecule has 1 atom stereocenters. The molecule has 1 aromatic carbocycles. The summed E-state index contributed by atoms with van der Waals surface area (Å²) in [6.07, 6.45) is 10.7. The summed E-state index contributed by atoms with van der Waals surface area (Å²) < 4.78 is 13.4. The first-order valence-corrected chi connectivity index (χ1v) is 8.14. The third kappa shape index (κ3) is 3.44. The van der Waals surface area contributed by atoms with Crippen molar-refractivity contribution in [2.24, 2.45) is 0 Å². The minimum Gasteiger partial charge on any atom is -0.292 e. The van der Waals surface area contributed by atoms with E-state index in [2.05, 4.69) is 30.0 Å². The average Bonchev–Trinajstić information content (AvgIpc) is 2.45. The molecule has 0 bridgehead atoms. The molecule has 21 heavy (non-hydrogen) atoms. The first-order valence-electron chi connectivity index (χ1n) is 8.14. The molecule has 1 aliphatic heterocycles. The highest BCUT2D eigenvalue weighted by Gasteiger charge is 2.29. The Morgan fingerprint density at radius 2 is 2.24 bits per heavy atom. The van der Waals surface area contributed by atoms with Crippen LogP contribution in [0.15, 0.2) is 47.6 Å². The lowest BCUT2D eigenvalue weighted by Crippen LogP contribution is -2.42. The number of hydrogen-bond acceptors (Lipinski definition) is 1. The largest absolute Gasteiger partial charge is 0.292 e. The van der Waals surface area contributed by atoms with E-state index < -0.39 is 0 Å². The van der Waals surface area contributed by atoms with Crippen LogP contribution in [-0.2, 0) is 0 Å². The molecule has 3 rings (SSSR count). The van der Waals surface area contributed by atoms with E-state index in [1.807, 2.05) is 6.07 Å². The molecule has 2 aliphatic rings. The molecule has 1 saturated heterocycles. The standard InChI is InChI=1S/C19H24FN/c1-2-5-15-6-3-7-16(12-15)14-21-11-10-19(21)17-8-4-9-18(20)13-17/h4,6,8-9,12-13,19H,2-3,5,7,10-11,14H2,1H3. The zero-order valence-corrected chi connectivity index (χ0v) is 12.8. The predicted octanol–water partition coefficient (Wildman–Crippen LogP) is 5.02. The second kappa shape index (κ2) is 6.57. The molecular formula is C19H24FN. The second-order valence-corrected chi connectivity index (χ2v) is 6.20. The van der Waals surface area contributed by atoms with Crippen LogP contribution in [-0.4, -0.2) is 18.0 Å². The Labute approximate surface area is 127 Å². The van der Waals surface area contributed by atoms with Crippen molar-refractivity contribution in [1.29, 1.82) is 0 Å². The molecule has 0 aromatic heterocycles. The summed E-state index contributed by atoms with van der Waals surface area (Å²) >= 11 is 0. The predicted molar refractivity (Wildman–Crippen MR) is 85.6 cm³/mol. The first-order chi connectivity index (χ1) is 10.3. The fourth-order valence-electron chi connectivity index (χ4n) is 3.41. The summed E-state index contributed by atoms with van der Waals surface area (Å²) in [7, 11) is 0. The Hall–Kier alpha value is -1.41. The van der Waals surface area contributed by atoms with Crippen molar-refractivity contribution in [3.05, 3.63) is 58.9 Å². The van der Waals surface area contributed by atoms with Crippen LogP contribution < -0.4 is 0 Å². The molecule has 1 nitrogen and oxygen atoms in total. The van der Waals surface area contributed by atoms with Gasteiger partial charge in [-0.05, 0) is 43.4 Å². The van der Waals surface area contributed by atoms with Gasteiger partial charge in [-0.1, -0.05) is 48.8 Å². The van der Waals surface area contributed by atoms with Gasteiger partial charge in [0.2, 0.25) is 0 Å². The fraction of sp³-hybridized carbons (Fsp3) is 0.474. The van der Waals surface area contributed by atoms with Gasteiger partial charge in [0.25, 0.3) is 0 Å². The molecule has 1 aliphatic carbocycles. The minimum atomic E-state index is -0.121. The summed E-state index contributed by atoms with van der Waals surface area (Å²) in [5.74, 6) is -0.121. The van der Waals surface area contributed by atoms with Gasteiger partial charge in [0.15, 0.2) is 0 Å². The molecule has 0 saturated carbocycles. The van der Waals surface area contributed by atoms with E-state index in [1.54, 1.807) is 11.6 Å². The van der Waals surface area contributed by atoms with Gasteiger partial charge in [-0.2, -0.15) is 0 Å². The molecule has 1 aromatic rings. The van der Waals surface area contributed by atoms with Gasteiger partial charge < -0.3 is 0 Å². The highest BCUT2D eigenvalue weighted by molar-refractivity contribution is 5.30. The quantitative estimate of drug-likeness (QED) is 0.734. The van der Waals surface area contributed by atoms with E-state index >= 15 is 0 Å². The zero-order valence-electron chi connectivity index (χ0n) is 12.8. The van der Waals surface area contributed by atoms with Crippen molar-refractivity contribution in [3.63, 3.8) is 0 Å². The normalized spacial score (nSPS) is 22.5. The number of allylic oxidation sites excluding steroid dienone is 3. The van der Waals surface area contributed by atoms with Gasteiger partial charge in [-0.3, -0.25) is 4.90 Å². The van der Waals surface area contributed by atoms with Crippen LogP contribution in [0.5, 0.6) is 0 Å². The van der Waals surface area contributed by atoms with E-state index in [4.69, 9.17) is 0 Å². The monoisotopic (exact) mass is 285 g/mol. The lowest BCUT2D eigenvalue weighted by Gasteiger charge is -2.42. The first kappa shape index (κ1) is 14.5. The zero-order chi connectivity index (χ0) is 14.7. The molecule has 0 radical (unpaired) electrons. The smallest absolute Gasteiger partial charge is 0.123 e. The van der Waals surface area contributed by atoms with E-state index in [0.29, 0.717) is 6.04 Å². The highest BCUT2D eigenvalue weighted by atomic mass is 19.1. The summed E-state index contributed by atoms with van der Waals surface area (Å²) in [6.45, 7) is 4.41. The molecule has 2 heteroatoms. The number of benzene rings is 1. The van der Waals surface area contributed by atoms with Crippen molar-refractivity contribution in [1.82, 2.24) is 4.90 Å². The van der Waals surface area contributed by atoms with Gasteiger partial charge in [-0.15, -0.1) is 0 Å². The van der Waals surface area contributed by atoms with Crippen molar-refractivity contribution in [2.45, 2.75) is 45.1 Å². The number of halogens is 1. The number of likely N-dealkylation sites (tertiary alicyclic amines) is 1. The molecule has 1 heterocycles. The Morgan fingerprint density at radius 3 is 2.95 bits per heavy atom. The molecule has 0 amide bonds. The molecular weight excluding hydrogens is 261 g/mol. The lowest BCUT2D eigenvalue weighted by atomic mass is 9.91. The van der Waals surface area contributed by atoms with E-state index in [1.165, 1.54) is 37.3 Å². The number of hydrogen-bond donors (Lipinski definition) is 0. The van der Waals surface area contributed by atoms with Gasteiger partial charge in [0.05, 0.1) is 0 Å². The maximum Gasteiger partial charge on any atom is 0.123 e. The Balaban J connectivity index is 1.64. The number of nitrogens with zero attached hydrogens (tertiary/aromatic N) is 1. The van der Waals surface area contributed by atoms with Crippen LogP contribution in [0.25, 0.3) is 0 Å². The fourth-order valence-corrected chi connectivity index (χ4v) is 3.41. The molecule has 0 N–H and O–H groups in total. The van der Waals surface area contributed by atoms with Crippen LogP contribution in [0.4, 0.5) is 4.39 Å². The maximum absolute atomic E-state index is 13.4. The summed E-state index contributed by atoms with van der Waals surface area (Å²) in [5, 5.41) is 0. The highest BCUT2D eigenvalue weighted by Crippen LogP contribution is 2.35. The van der Waals surface area contributed by atoms with Crippen molar-refractivity contribution >= 4 is 0 Å². The van der Waals surface area contributed by atoms with Crippen LogP contribution in [0.3, 0.4) is 0 Å². The molecule has 1 unspecified atom stereocenters. The summed E-state index contributed by atoms with van der Waals surface area (Å²) in [5.41, 5.74) is 4.17. The summed E-state index contributed by atoms with van der Waals surface area (Å²) in [6, 6.07) is 7.50. The van der Waals surface area contributed by atoms with Crippen molar-refractivity contribution < 1.29 is 4.39 Å². The van der Waals surface area contributed by atoms with Crippen molar-refractivity contribution in [2.75, 3.05) is 13.1 Å². The Kier molecular flexibility index (Phi) is 4.54. The Morgan fingerprint density at radius 1 is 1.33 bits per heavy atom.